The van der Waals surface area contributed by atoms with Gasteiger partial charge >= 0.3 is 0 Å². The SMILES string of the molecule is Cc1ccc2nnc(C3CCN(C4=NS(=O)(=O)c5ccccc54)CC3)n2n1. The molecular formula is C18H18N6O2S. The summed E-state index contributed by atoms with van der Waals surface area (Å²) in [5, 5.41) is 13.1. The van der Waals surface area contributed by atoms with Crippen LogP contribution < -0.4 is 0 Å². The number of rotatable bonds is 1. The maximum Gasteiger partial charge on any atom is 0.285 e. The largest absolute Gasteiger partial charge is 0.355 e. The second kappa shape index (κ2) is 5.85. The Balaban J connectivity index is 1.40. The quantitative estimate of drug-likeness (QED) is 0.637. The minimum Gasteiger partial charge on any atom is -0.355 e. The Bertz CT molecular complexity index is 1180. The van der Waals surface area contributed by atoms with Crippen molar-refractivity contribution in [2.24, 2.45) is 4.40 Å². The van der Waals surface area contributed by atoms with Crippen molar-refractivity contribution < 1.29 is 8.42 Å². The molecule has 0 bridgehead atoms. The Morgan fingerprint density at radius 2 is 1.81 bits per heavy atom. The smallest absolute Gasteiger partial charge is 0.285 e. The zero-order chi connectivity index (χ0) is 18.6. The fraction of sp³-hybridized carbons (Fsp3) is 0.333. The van der Waals surface area contributed by atoms with Crippen molar-refractivity contribution in [3.8, 4) is 0 Å². The van der Waals surface area contributed by atoms with Gasteiger partial charge in [-0.1, -0.05) is 12.1 Å². The lowest BCUT2D eigenvalue weighted by Crippen LogP contribution is -2.38. The molecule has 9 heteroatoms. The number of likely N-dealkylation sites (tertiary alicyclic amines) is 1. The minimum absolute atomic E-state index is 0.236. The van der Waals surface area contributed by atoms with Gasteiger partial charge in [-0.3, -0.25) is 0 Å². The van der Waals surface area contributed by atoms with E-state index in [1.54, 1.807) is 12.1 Å². The van der Waals surface area contributed by atoms with Gasteiger partial charge in [-0.05, 0) is 44.0 Å². The highest BCUT2D eigenvalue weighted by atomic mass is 32.2. The third-order valence-corrected chi connectivity index (χ3v) is 6.52. The number of benzene rings is 1. The van der Waals surface area contributed by atoms with Gasteiger partial charge in [-0.25, -0.2) is 0 Å². The summed E-state index contributed by atoms with van der Waals surface area (Å²) in [5.74, 6) is 1.67. The molecule has 2 aliphatic rings. The monoisotopic (exact) mass is 382 g/mol. The van der Waals surface area contributed by atoms with Crippen LogP contribution in [0.5, 0.6) is 0 Å². The summed E-state index contributed by atoms with van der Waals surface area (Å²) >= 11 is 0. The first kappa shape index (κ1) is 16.4. The lowest BCUT2D eigenvalue weighted by atomic mass is 9.95. The summed E-state index contributed by atoms with van der Waals surface area (Å²) < 4.78 is 30.4. The molecule has 8 nitrogen and oxygen atoms in total. The molecule has 1 saturated heterocycles. The molecule has 0 unspecified atom stereocenters. The van der Waals surface area contributed by atoms with Crippen molar-refractivity contribution in [1.82, 2.24) is 24.7 Å². The van der Waals surface area contributed by atoms with E-state index in [4.69, 9.17) is 0 Å². The van der Waals surface area contributed by atoms with Crippen LogP contribution in [0.3, 0.4) is 0 Å². The summed E-state index contributed by atoms with van der Waals surface area (Å²) in [4.78, 5) is 2.35. The molecule has 1 fully saturated rings. The molecule has 0 atom stereocenters. The summed E-state index contributed by atoms with van der Waals surface area (Å²) in [6.45, 7) is 3.38. The number of nitrogens with zero attached hydrogens (tertiary/aromatic N) is 6. The lowest BCUT2D eigenvalue weighted by molar-refractivity contribution is 0.305. The molecule has 27 heavy (non-hydrogen) atoms. The van der Waals surface area contributed by atoms with Gasteiger partial charge in [0.1, 0.15) is 4.90 Å². The number of aryl methyl sites for hydroxylation is 1. The lowest BCUT2D eigenvalue weighted by Gasteiger charge is -2.32. The maximum absolute atomic E-state index is 12.3. The molecule has 0 saturated carbocycles. The Labute approximate surface area is 156 Å². The molecule has 0 radical (unpaired) electrons. The number of piperidine rings is 1. The van der Waals surface area contributed by atoms with Crippen LogP contribution in [-0.4, -0.2) is 52.1 Å². The first-order valence-electron chi connectivity index (χ1n) is 8.91. The first-order chi connectivity index (χ1) is 13.0. The van der Waals surface area contributed by atoms with E-state index in [0.29, 0.717) is 29.4 Å². The highest BCUT2D eigenvalue weighted by Gasteiger charge is 2.34. The van der Waals surface area contributed by atoms with Gasteiger partial charge in [0, 0.05) is 24.6 Å². The van der Waals surface area contributed by atoms with Gasteiger partial charge in [0.25, 0.3) is 10.0 Å². The number of hydrogen-bond acceptors (Lipinski definition) is 6. The predicted octanol–water partition coefficient (Wildman–Crippen LogP) is 1.76. The highest BCUT2D eigenvalue weighted by Crippen LogP contribution is 2.32. The second-order valence-corrected chi connectivity index (χ2v) is 8.52. The van der Waals surface area contributed by atoms with Crippen LogP contribution in [0.2, 0.25) is 0 Å². The van der Waals surface area contributed by atoms with Crippen LogP contribution in [0.25, 0.3) is 5.65 Å². The highest BCUT2D eigenvalue weighted by molar-refractivity contribution is 7.90. The number of amidine groups is 1. The van der Waals surface area contributed by atoms with Crippen molar-refractivity contribution in [2.45, 2.75) is 30.6 Å². The van der Waals surface area contributed by atoms with Crippen molar-refractivity contribution in [1.29, 1.82) is 0 Å². The van der Waals surface area contributed by atoms with Gasteiger partial charge in [0.2, 0.25) is 0 Å². The van der Waals surface area contributed by atoms with E-state index in [1.165, 1.54) is 0 Å². The molecule has 2 aliphatic heterocycles. The van der Waals surface area contributed by atoms with Gasteiger partial charge < -0.3 is 4.90 Å². The number of fused-ring (bicyclic) bond motifs is 2. The van der Waals surface area contributed by atoms with Crippen molar-refractivity contribution in [2.75, 3.05) is 13.1 Å². The summed E-state index contributed by atoms with van der Waals surface area (Å²) in [6, 6.07) is 10.9. The standard InChI is InChI=1S/C18H18N6O2S/c1-12-6-7-16-19-20-17(24(16)21-12)13-8-10-23(11-9-13)18-14-4-2-3-5-15(14)27(25,26)22-18/h2-7,13H,8-11H2,1H3. The molecule has 138 valence electrons. The van der Waals surface area contributed by atoms with E-state index in [9.17, 15) is 8.42 Å². The van der Waals surface area contributed by atoms with Gasteiger partial charge in [0.05, 0.1) is 5.69 Å². The van der Waals surface area contributed by atoms with E-state index < -0.39 is 10.0 Å². The van der Waals surface area contributed by atoms with Gasteiger partial charge in [-0.15, -0.1) is 14.6 Å². The van der Waals surface area contributed by atoms with Crippen LogP contribution >= 0.6 is 0 Å². The Morgan fingerprint density at radius 3 is 2.63 bits per heavy atom. The summed E-state index contributed by atoms with van der Waals surface area (Å²) in [6.07, 6.45) is 1.69. The van der Waals surface area contributed by atoms with Crippen LogP contribution in [-0.2, 0) is 10.0 Å². The first-order valence-corrected chi connectivity index (χ1v) is 10.4. The number of aromatic nitrogens is 4. The molecule has 0 amide bonds. The van der Waals surface area contributed by atoms with E-state index in [2.05, 4.69) is 24.6 Å². The van der Waals surface area contributed by atoms with Crippen molar-refractivity contribution in [3.05, 3.63) is 53.5 Å². The zero-order valence-corrected chi connectivity index (χ0v) is 15.6. The van der Waals surface area contributed by atoms with Crippen LogP contribution in [0.1, 0.15) is 35.8 Å². The van der Waals surface area contributed by atoms with Crippen molar-refractivity contribution in [3.63, 3.8) is 0 Å². The Hall–Kier alpha value is -2.81. The third-order valence-electron chi connectivity index (χ3n) is 5.19. The molecule has 0 N–H and O–H groups in total. The second-order valence-electron chi connectivity index (χ2n) is 6.95. The molecule has 2 aromatic heterocycles. The van der Waals surface area contributed by atoms with Gasteiger partial charge in [-0.2, -0.15) is 18.0 Å². The molecule has 0 spiro atoms. The Morgan fingerprint density at radius 1 is 1.04 bits per heavy atom. The minimum atomic E-state index is -3.58. The van der Waals surface area contributed by atoms with Crippen LogP contribution in [0.4, 0.5) is 0 Å². The topological polar surface area (TPSA) is 92.8 Å². The van der Waals surface area contributed by atoms with Crippen LogP contribution in [0.15, 0.2) is 45.7 Å². The average molecular weight is 382 g/mol. The predicted molar refractivity (Wildman–Crippen MR) is 99.2 cm³/mol. The molecule has 0 aliphatic carbocycles. The molecule has 5 rings (SSSR count). The average Bonchev–Trinajstić information content (AvgIpc) is 3.21. The van der Waals surface area contributed by atoms with Crippen molar-refractivity contribution >= 4 is 21.5 Å². The molecule has 1 aromatic carbocycles. The van der Waals surface area contributed by atoms with Crippen LogP contribution in [0, 0.1) is 6.92 Å². The molecule has 3 aromatic rings. The third kappa shape index (κ3) is 2.61. The normalized spacial score (nSPS) is 19.3. The number of sulfonamides is 1. The fourth-order valence-corrected chi connectivity index (χ4v) is 5.05. The zero-order valence-electron chi connectivity index (χ0n) is 14.8. The molecule has 4 heterocycles. The Kier molecular flexibility index (Phi) is 3.55. The van der Waals surface area contributed by atoms with E-state index in [1.807, 2.05) is 35.7 Å². The number of hydrogen-bond donors (Lipinski definition) is 0. The van der Waals surface area contributed by atoms with E-state index in [0.717, 1.165) is 30.0 Å². The summed E-state index contributed by atoms with van der Waals surface area (Å²) in [7, 11) is -3.58. The maximum atomic E-state index is 12.3. The molecular weight excluding hydrogens is 364 g/mol. The fourth-order valence-electron chi connectivity index (χ4n) is 3.82. The van der Waals surface area contributed by atoms with E-state index >= 15 is 0 Å². The van der Waals surface area contributed by atoms with E-state index in [-0.39, 0.29) is 5.92 Å². The van der Waals surface area contributed by atoms with Gasteiger partial charge in [0.15, 0.2) is 17.3 Å². The summed E-state index contributed by atoms with van der Waals surface area (Å²) in [5.41, 5.74) is 2.36.